The Morgan fingerprint density at radius 3 is 2.45 bits per heavy atom. The summed E-state index contributed by atoms with van der Waals surface area (Å²) < 4.78 is 16.8. The van der Waals surface area contributed by atoms with E-state index in [1.807, 2.05) is 4.98 Å². The molecule has 3 aliphatic heterocycles. The van der Waals surface area contributed by atoms with Gasteiger partial charge in [0.15, 0.2) is 6.23 Å². The van der Waals surface area contributed by atoms with E-state index in [2.05, 4.69) is 10.6 Å². The van der Waals surface area contributed by atoms with E-state index in [4.69, 9.17) is 14.2 Å². The minimum atomic E-state index is -1.56. The monoisotopic (exact) mass is 587 g/mol. The molecule has 3 aliphatic rings. The van der Waals surface area contributed by atoms with Crippen molar-refractivity contribution in [2.24, 2.45) is 11.8 Å². The van der Waals surface area contributed by atoms with E-state index in [9.17, 15) is 39.0 Å². The number of nitrogens with zero attached hydrogens (tertiary/aromatic N) is 2. The molecule has 1 aromatic carbocycles. The maximum atomic E-state index is 13.4. The van der Waals surface area contributed by atoms with Gasteiger partial charge in [-0.15, -0.1) is 0 Å². The normalized spacial score (nSPS) is 30.3. The second kappa shape index (κ2) is 11.5. The minimum Gasteiger partial charge on any atom is -0.496 e. The second-order valence-corrected chi connectivity index (χ2v) is 10.1. The van der Waals surface area contributed by atoms with Crippen LogP contribution in [0.5, 0.6) is 5.75 Å². The van der Waals surface area contributed by atoms with E-state index in [-0.39, 0.29) is 6.54 Å². The van der Waals surface area contributed by atoms with Gasteiger partial charge < -0.3 is 29.7 Å². The number of nitrogens with one attached hydrogen (secondary N) is 3. The summed E-state index contributed by atoms with van der Waals surface area (Å²) in [4.78, 5) is 78.4. The van der Waals surface area contributed by atoms with Crippen molar-refractivity contribution in [2.75, 3.05) is 27.3 Å². The van der Waals surface area contributed by atoms with Crippen molar-refractivity contribution in [3.63, 3.8) is 0 Å². The number of ether oxygens (including phenoxy) is 3. The molecule has 4 heterocycles. The highest BCUT2D eigenvalue weighted by Crippen LogP contribution is 2.45. The van der Waals surface area contributed by atoms with Crippen molar-refractivity contribution < 1.29 is 43.6 Å². The molecule has 0 bridgehead atoms. The van der Waals surface area contributed by atoms with Gasteiger partial charge in [0.05, 0.1) is 32.1 Å². The fourth-order valence-electron chi connectivity index (χ4n) is 5.74. The molecule has 3 fully saturated rings. The van der Waals surface area contributed by atoms with Crippen LogP contribution < -0.4 is 26.6 Å². The van der Waals surface area contributed by atoms with E-state index in [1.165, 1.54) is 14.2 Å². The van der Waals surface area contributed by atoms with Crippen LogP contribution in [-0.2, 0) is 28.7 Å². The second-order valence-electron chi connectivity index (χ2n) is 10.1. The first-order chi connectivity index (χ1) is 20.1. The number of aliphatic hydroxyl groups excluding tert-OH is 2. The Labute approximate surface area is 237 Å². The lowest BCUT2D eigenvalue weighted by atomic mass is 9.85. The number of likely N-dealkylation sites (tertiary alicyclic amines) is 1. The molecule has 16 nitrogen and oxygen atoms in total. The Hall–Kier alpha value is -4.38. The number of imide groups is 1. The molecule has 0 unspecified atom stereocenters. The van der Waals surface area contributed by atoms with Gasteiger partial charge in [-0.1, -0.05) is 18.2 Å². The molecule has 8 atom stereocenters. The van der Waals surface area contributed by atoms with Crippen molar-refractivity contribution in [1.29, 1.82) is 0 Å². The number of esters is 1. The molecule has 3 saturated heterocycles. The SMILES string of the molecule is COC(=O)[C@@H]1[C@H]2C(=O)N(CC(=O)NC[C@H]3O[C@@H](n4ccc(=O)[nH]c4=O)[C@H](O)[C@@H]3O)C(=O)[C@@H]2N[C@@H]1c1ccccc1OC. The molecule has 0 radical (unpaired) electrons. The smallest absolute Gasteiger partial charge is 0.330 e. The third kappa shape index (κ3) is 4.98. The van der Waals surface area contributed by atoms with Gasteiger partial charge in [-0.2, -0.15) is 0 Å². The first-order valence-electron chi connectivity index (χ1n) is 13.0. The zero-order chi connectivity index (χ0) is 30.3. The summed E-state index contributed by atoms with van der Waals surface area (Å²) in [5, 5.41) is 26.3. The molecule has 0 spiro atoms. The van der Waals surface area contributed by atoms with Crippen molar-refractivity contribution in [3.05, 3.63) is 62.9 Å². The summed E-state index contributed by atoms with van der Waals surface area (Å²) in [6.07, 6.45) is -4.48. The van der Waals surface area contributed by atoms with Gasteiger partial charge in [-0.25, -0.2) is 4.79 Å². The average molecular weight is 588 g/mol. The topological polar surface area (TPSA) is 219 Å². The van der Waals surface area contributed by atoms with E-state index < -0.39 is 89.9 Å². The number of para-hydroxylation sites is 1. The molecular weight excluding hydrogens is 558 g/mol. The van der Waals surface area contributed by atoms with E-state index in [0.29, 0.717) is 11.3 Å². The van der Waals surface area contributed by atoms with Crippen LogP contribution in [0.1, 0.15) is 17.8 Å². The molecule has 16 heteroatoms. The highest BCUT2D eigenvalue weighted by molar-refractivity contribution is 6.11. The number of rotatable bonds is 8. The zero-order valence-electron chi connectivity index (χ0n) is 22.5. The number of hydrogen-bond donors (Lipinski definition) is 5. The van der Waals surface area contributed by atoms with Crippen LogP contribution in [-0.4, -0.2) is 100 Å². The van der Waals surface area contributed by atoms with Gasteiger partial charge >= 0.3 is 11.7 Å². The lowest BCUT2D eigenvalue weighted by molar-refractivity contribution is -0.152. The maximum absolute atomic E-state index is 13.4. The van der Waals surface area contributed by atoms with Crippen molar-refractivity contribution in [2.45, 2.75) is 36.6 Å². The fourth-order valence-corrected chi connectivity index (χ4v) is 5.74. The summed E-state index contributed by atoms with van der Waals surface area (Å²) in [5.74, 6) is -4.66. The summed E-state index contributed by atoms with van der Waals surface area (Å²) in [6, 6.07) is 6.05. The molecule has 5 N–H and O–H groups in total. The molecular formula is C26H29N5O11. The van der Waals surface area contributed by atoms with Gasteiger partial charge in [-0.3, -0.25) is 43.7 Å². The Balaban J connectivity index is 1.25. The number of H-pyrrole nitrogens is 1. The number of amides is 3. The molecule has 5 rings (SSSR count). The van der Waals surface area contributed by atoms with Gasteiger partial charge in [-0.05, 0) is 6.07 Å². The molecule has 0 aliphatic carbocycles. The molecule has 42 heavy (non-hydrogen) atoms. The highest BCUT2D eigenvalue weighted by Gasteiger charge is 2.61. The standard InChI is InChI=1S/C26H29N5O11/c1-40-12-6-4-3-5-11(12)18-17(25(38)41-2)16-19(29-18)23(37)31(22(16)36)10-15(33)27-9-13-20(34)21(35)24(42-13)30-8-7-14(32)28-26(30)39/h3-8,13,16-21,24,29,34-35H,9-10H2,1-2H3,(H,27,33)(H,28,32,39)/t13-,16-,17-,18-,19-,20-,21-,24-/m1/s1. The lowest BCUT2D eigenvalue weighted by Crippen LogP contribution is -2.47. The van der Waals surface area contributed by atoms with E-state index in [0.717, 1.165) is 21.7 Å². The van der Waals surface area contributed by atoms with Crippen LogP contribution in [0.15, 0.2) is 46.1 Å². The maximum Gasteiger partial charge on any atom is 0.330 e. The van der Waals surface area contributed by atoms with Gasteiger partial charge in [0.25, 0.3) is 5.56 Å². The summed E-state index contributed by atoms with van der Waals surface area (Å²) >= 11 is 0. The Morgan fingerprint density at radius 2 is 1.76 bits per heavy atom. The number of hydrogen-bond acceptors (Lipinski definition) is 12. The van der Waals surface area contributed by atoms with Crippen molar-refractivity contribution in [3.8, 4) is 5.75 Å². The van der Waals surface area contributed by atoms with Gasteiger partial charge in [0, 0.05) is 24.4 Å². The summed E-state index contributed by atoms with van der Waals surface area (Å²) in [7, 11) is 2.63. The fraction of sp³-hybridized carbons (Fsp3) is 0.462. The summed E-state index contributed by atoms with van der Waals surface area (Å²) in [5.41, 5.74) is -0.965. The highest BCUT2D eigenvalue weighted by atomic mass is 16.6. The third-order valence-electron chi connectivity index (χ3n) is 7.76. The first kappa shape index (κ1) is 29.1. The van der Waals surface area contributed by atoms with Crippen LogP contribution in [0.2, 0.25) is 0 Å². The van der Waals surface area contributed by atoms with Crippen molar-refractivity contribution in [1.82, 2.24) is 25.1 Å². The first-order valence-corrected chi connectivity index (χ1v) is 13.0. The number of aromatic amines is 1. The zero-order valence-corrected chi connectivity index (χ0v) is 22.5. The minimum absolute atomic E-state index is 0.340. The quantitative estimate of drug-likeness (QED) is 0.152. The van der Waals surface area contributed by atoms with Gasteiger partial charge in [0.1, 0.15) is 36.6 Å². The number of fused-ring (bicyclic) bond motifs is 1. The third-order valence-corrected chi connectivity index (χ3v) is 7.76. The molecule has 3 amide bonds. The van der Waals surface area contributed by atoms with Gasteiger partial charge in [0.2, 0.25) is 17.7 Å². The number of methoxy groups -OCH3 is 2. The predicted octanol–water partition coefficient (Wildman–Crippen LogP) is -3.23. The molecule has 1 aromatic heterocycles. The Kier molecular flexibility index (Phi) is 7.96. The number of aliphatic hydroxyl groups is 2. The molecule has 224 valence electrons. The number of benzene rings is 1. The van der Waals surface area contributed by atoms with E-state index in [1.54, 1.807) is 24.3 Å². The van der Waals surface area contributed by atoms with Crippen LogP contribution in [0, 0.1) is 11.8 Å². The predicted molar refractivity (Wildman–Crippen MR) is 139 cm³/mol. The van der Waals surface area contributed by atoms with E-state index >= 15 is 0 Å². The summed E-state index contributed by atoms with van der Waals surface area (Å²) in [6.45, 7) is -1.01. The number of carbonyl (C=O) groups is 4. The molecule has 0 saturated carbocycles. The number of aromatic nitrogens is 2. The van der Waals surface area contributed by atoms with Crippen LogP contribution in [0.4, 0.5) is 0 Å². The Morgan fingerprint density at radius 1 is 1.02 bits per heavy atom. The van der Waals surface area contributed by atoms with Crippen LogP contribution >= 0.6 is 0 Å². The largest absolute Gasteiger partial charge is 0.496 e. The molecule has 2 aromatic rings. The van der Waals surface area contributed by atoms with Crippen LogP contribution in [0.3, 0.4) is 0 Å². The average Bonchev–Trinajstić information content (AvgIpc) is 3.58. The van der Waals surface area contributed by atoms with Crippen molar-refractivity contribution >= 4 is 23.7 Å². The Bertz CT molecular complexity index is 1520. The lowest BCUT2D eigenvalue weighted by Gasteiger charge is -2.24. The van der Waals surface area contributed by atoms with Crippen LogP contribution in [0.25, 0.3) is 0 Å². The number of carbonyl (C=O) groups excluding carboxylic acids is 4.